The van der Waals surface area contributed by atoms with Crippen LogP contribution in [0.25, 0.3) is 0 Å². The van der Waals surface area contributed by atoms with E-state index in [4.69, 9.17) is 9.47 Å². The third-order valence-electron chi connectivity index (χ3n) is 2.11. The van der Waals surface area contributed by atoms with Crippen LogP contribution in [0.1, 0.15) is 13.3 Å². The fourth-order valence-corrected chi connectivity index (χ4v) is 1.66. The van der Waals surface area contributed by atoms with Crippen LogP contribution in [-0.2, 0) is 14.3 Å². The van der Waals surface area contributed by atoms with E-state index in [1.165, 1.54) is 6.92 Å². The molecule has 6 nitrogen and oxygen atoms in total. The smallest absolute Gasteiger partial charge is 0.407 e. The first kappa shape index (κ1) is 16.9. The van der Waals surface area contributed by atoms with E-state index in [1.807, 2.05) is 19.0 Å². The zero-order chi connectivity index (χ0) is 14.0. The number of carbonyl (C=O) groups excluding carboxylic acids is 2. The predicted molar refractivity (Wildman–Crippen MR) is 72.8 cm³/mol. The normalized spacial score (nSPS) is 12.2. The standard InChI is InChI=1S/C11H24N2O4Si/c1-9(14)16-8-10(7-13(2)3)17-11(15)12-5-4-6-18/h10H,4-8H2,1-3,18H3,(H,12,15). The molecule has 0 aliphatic carbocycles. The van der Waals surface area contributed by atoms with Crippen LogP contribution in [0.5, 0.6) is 0 Å². The van der Waals surface area contributed by atoms with E-state index >= 15 is 0 Å². The van der Waals surface area contributed by atoms with Gasteiger partial charge in [-0.15, -0.1) is 0 Å². The van der Waals surface area contributed by atoms with Crippen LogP contribution in [-0.4, -0.2) is 67.1 Å². The fraction of sp³-hybridized carbons (Fsp3) is 0.818. The van der Waals surface area contributed by atoms with Gasteiger partial charge in [0.25, 0.3) is 0 Å². The topological polar surface area (TPSA) is 67.9 Å². The first-order valence-electron chi connectivity index (χ1n) is 6.18. The molecule has 0 aliphatic heterocycles. The number of nitrogens with one attached hydrogen (secondary N) is 1. The fourth-order valence-electron chi connectivity index (χ4n) is 1.30. The van der Waals surface area contributed by atoms with Crippen molar-refractivity contribution in [2.75, 3.05) is 33.8 Å². The molecule has 0 aromatic heterocycles. The minimum Gasteiger partial charge on any atom is -0.462 e. The van der Waals surface area contributed by atoms with Gasteiger partial charge in [0.1, 0.15) is 6.61 Å². The molecule has 0 heterocycles. The minimum absolute atomic E-state index is 0.0849. The molecule has 18 heavy (non-hydrogen) atoms. The molecule has 0 radical (unpaired) electrons. The van der Waals surface area contributed by atoms with Gasteiger partial charge in [-0.2, -0.15) is 0 Å². The minimum atomic E-state index is -0.455. The SMILES string of the molecule is CC(=O)OCC(CN(C)C)OC(=O)NCCC[SiH3]. The molecule has 1 atom stereocenters. The van der Waals surface area contributed by atoms with E-state index in [0.29, 0.717) is 13.1 Å². The van der Waals surface area contributed by atoms with Gasteiger partial charge in [-0.25, -0.2) is 4.79 Å². The van der Waals surface area contributed by atoms with Crippen molar-refractivity contribution < 1.29 is 19.1 Å². The Balaban J connectivity index is 4.04. The predicted octanol–water partition coefficient (Wildman–Crippen LogP) is -0.620. The number of amides is 1. The molecule has 0 rings (SSSR count). The van der Waals surface area contributed by atoms with Crippen molar-refractivity contribution in [3.63, 3.8) is 0 Å². The summed E-state index contributed by atoms with van der Waals surface area (Å²) in [5.74, 6) is -0.376. The van der Waals surface area contributed by atoms with E-state index < -0.39 is 12.2 Å². The largest absolute Gasteiger partial charge is 0.462 e. The molecule has 0 saturated heterocycles. The van der Waals surface area contributed by atoms with Crippen molar-refractivity contribution in [1.29, 1.82) is 0 Å². The highest BCUT2D eigenvalue weighted by Gasteiger charge is 2.16. The third-order valence-corrected chi connectivity index (χ3v) is 2.82. The molecular weight excluding hydrogens is 252 g/mol. The summed E-state index contributed by atoms with van der Waals surface area (Å²) in [6.45, 7) is 2.56. The second-order valence-electron chi connectivity index (χ2n) is 4.37. The Hall–Kier alpha value is -1.08. The van der Waals surface area contributed by atoms with Crippen LogP contribution < -0.4 is 5.32 Å². The van der Waals surface area contributed by atoms with Gasteiger partial charge in [-0.3, -0.25) is 4.79 Å². The highest BCUT2D eigenvalue weighted by atomic mass is 28.1. The summed E-state index contributed by atoms with van der Waals surface area (Å²) < 4.78 is 10.1. The van der Waals surface area contributed by atoms with Crippen LogP contribution >= 0.6 is 0 Å². The molecule has 0 aromatic carbocycles. The number of nitrogens with zero attached hydrogens (tertiary/aromatic N) is 1. The Kier molecular flexibility index (Phi) is 9.30. The third kappa shape index (κ3) is 10.1. The van der Waals surface area contributed by atoms with Gasteiger partial charge in [0.2, 0.25) is 0 Å². The number of likely N-dealkylation sites (N-methyl/N-ethyl adjacent to an activating group) is 1. The first-order valence-corrected chi connectivity index (χ1v) is 7.59. The van der Waals surface area contributed by atoms with Crippen molar-refractivity contribution >= 4 is 22.3 Å². The molecule has 0 bridgehead atoms. The summed E-state index contributed by atoms with van der Waals surface area (Å²) in [6.07, 6.45) is 0.0768. The van der Waals surface area contributed by atoms with E-state index in [-0.39, 0.29) is 12.6 Å². The Morgan fingerprint density at radius 2 is 2.06 bits per heavy atom. The molecular formula is C11H24N2O4Si. The molecule has 1 amide bonds. The second kappa shape index (κ2) is 9.90. The van der Waals surface area contributed by atoms with Gasteiger partial charge in [-0.1, -0.05) is 6.04 Å². The number of hydrogen-bond acceptors (Lipinski definition) is 5. The first-order chi connectivity index (χ1) is 8.45. The molecule has 1 N–H and O–H groups in total. The second-order valence-corrected chi connectivity index (χ2v) is 5.37. The lowest BCUT2D eigenvalue weighted by atomic mass is 10.3. The zero-order valence-electron chi connectivity index (χ0n) is 11.7. The monoisotopic (exact) mass is 276 g/mol. The van der Waals surface area contributed by atoms with Crippen molar-refractivity contribution in [2.45, 2.75) is 25.5 Å². The van der Waals surface area contributed by atoms with Crippen molar-refractivity contribution in [1.82, 2.24) is 10.2 Å². The quantitative estimate of drug-likeness (QED) is 0.363. The van der Waals surface area contributed by atoms with Crippen LogP contribution in [0.2, 0.25) is 6.04 Å². The number of esters is 1. The van der Waals surface area contributed by atoms with Gasteiger partial charge in [-0.05, 0) is 20.5 Å². The number of alkyl carbamates (subject to hydrolysis) is 1. The van der Waals surface area contributed by atoms with Crippen LogP contribution in [0.15, 0.2) is 0 Å². The van der Waals surface area contributed by atoms with Crippen LogP contribution in [0, 0.1) is 0 Å². The van der Waals surface area contributed by atoms with E-state index in [1.54, 1.807) is 0 Å². The molecule has 0 aliphatic rings. The molecule has 106 valence electrons. The lowest BCUT2D eigenvalue weighted by molar-refractivity contribution is -0.144. The maximum absolute atomic E-state index is 11.5. The number of hydrogen-bond donors (Lipinski definition) is 1. The number of ether oxygens (including phenoxy) is 2. The summed E-state index contributed by atoms with van der Waals surface area (Å²) >= 11 is 0. The van der Waals surface area contributed by atoms with Gasteiger partial charge in [0.15, 0.2) is 6.10 Å². The van der Waals surface area contributed by atoms with E-state index in [9.17, 15) is 9.59 Å². The van der Waals surface area contributed by atoms with Crippen molar-refractivity contribution in [3.8, 4) is 0 Å². The lowest BCUT2D eigenvalue weighted by Crippen LogP contribution is -2.38. The van der Waals surface area contributed by atoms with Gasteiger partial charge >= 0.3 is 12.1 Å². The van der Waals surface area contributed by atoms with Crippen molar-refractivity contribution in [3.05, 3.63) is 0 Å². The Morgan fingerprint density at radius 1 is 1.39 bits per heavy atom. The van der Waals surface area contributed by atoms with E-state index in [2.05, 4.69) is 5.32 Å². The number of rotatable bonds is 8. The summed E-state index contributed by atoms with van der Waals surface area (Å²) in [6, 6.07) is 1.15. The molecule has 0 saturated carbocycles. The maximum Gasteiger partial charge on any atom is 0.407 e. The summed E-state index contributed by atoms with van der Waals surface area (Å²) in [5, 5.41) is 2.68. The Bertz CT molecular complexity index is 261. The number of carbonyl (C=O) groups is 2. The van der Waals surface area contributed by atoms with E-state index in [0.717, 1.165) is 22.7 Å². The maximum atomic E-state index is 11.5. The molecule has 0 spiro atoms. The van der Waals surface area contributed by atoms with Gasteiger partial charge < -0.3 is 19.7 Å². The average Bonchev–Trinajstić information content (AvgIpc) is 2.25. The molecule has 7 heteroatoms. The summed E-state index contributed by atoms with van der Waals surface area (Å²) in [4.78, 5) is 24.1. The van der Waals surface area contributed by atoms with Crippen LogP contribution in [0.3, 0.4) is 0 Å². The summed E-state index contributed by atoms with van der Waals surface area (Å²) in [5.41, 5.74) is 0. The highest BCUT2D eigenvalue weighted by Crippen LogP contribution is 1.97. The van der Waals surface area contributed by atoms with Crippen LogP contribution in [0.4, 0.5) is 4.79 Å². The molecule has 0 aromatic rings. The average molecular weight is 276 g/mol. The lowest BCUT2D eigenvalue weighted by Gasteiger charge is -2.21. The Labute approximate surface area is 111 Å². The Morgan fingerprint density at radius 3 is 2.56 bits per heavy atom. The summed E-state index contributed by atoms with van der Waals surface area (Å²) in [7, 11) is 4.87. The van der Waals surface area contributed by atoms with Gasteiger partial charge in [0, 0.05) is 30.3 Å². The van der Waals surface area contributed by atoms with Crippen molar-refractivity contribution in [2.24, 2.45) is 0 Å². The van der Waals surface area contributed by atoms with Gasteiger partial charge in [0.05, 0.1) is 0 Å². The molecule has 0 fully saturated rings. The zero-order valence-corrected chi connectivity index (χ0v) is 13.7. The highest BCUT2D eigenvalue weighted by molar-refractivity contribution is 6.08. The molecule has 1 unspecified atom stereocenters.